The summed E-state index contributed by atoms with van der Waals surface area (Å²) in [6, 6.07) is 106. The van der Waals surface area contributed by atoms with Crippen LogP contribution in [0.3, 0.4) is 0 Å². The molecule has 4 aliphatic rings. The van der Waals surface area contributed by atoms with E-state index in [0.717, 1.165) is 67.5 Å². The number of fused-ring (bicyclic) bond motifs is 18. The lowest BCUT2D eigenvalue weighted by Crippen LogP contribution is -2.36. The van der Waals surface area contributed by atoms with E-state index in [0.29, 0.717) is 11.1 Å². The monoisotopic (exact) mass is 1010 g/mol. The van der Waals surface area contributed by atoms with E-state index >= 15 is 0 Å². The largest absolute Gasteiger partial charge is 0.310 e. The first kappa shape index (κ1) is 45.4. The summed E-state index contributed by atoms with van der Waals surface area (Å²) in [5, 5.41) is 20.0. The Morgan fingerprint density at radius 3 is 1.25 bits per heavy atom. The molecule has 12 aromatic carbocycles. The summed E-state index contributed by atoms with van der Waals surface area (Å²) in [7, 11) is 0. The van der Waals surface area contributed by atoms with Gasteiger partial charge in [-0.2, -0.15) is 10.5 Å². The second-order valence-corrected chi connectivity index (χ2v) is 21.3. The van der Waals surface area contributed by atoms with Crippen LogP contribution in [0, 0.1) is 22.7 Å². The van der Waals surface area contributed by atoms with Gasteiger partial charge >= 0.3 is 0 Å². The number of rotatable bonds is 5. The minimum atomic E-state index is -0.615. The predicted octanol–water partition coefficient (Wildman–Crippen LogP) is 18.7. The van der Waals surface area contributed by atoms with Crippen molar-refractivity contribution in [3.63, 3.8) is 0 Å². The highest BCUT2D eigenvalue weighted by Crippen LogP contribution is 2.66. The van der Waals surface area contributed by atoms with E-state index in [4.69, 9.17) is 0 Å². The first-order valence-corrected chi connectivity index (χ1v) is 27.3. The van der Waals surface area contributed by atoms with E-state index in [-0.39, 0.29) is 0 Å². The van der Waals surface area contributed by atoms with Crippen LogP contribution in [0.1, 0.15) is 55.6 Å². The minimum absolute atomic E-state index is 0.577. The number of hydrogen-bond acceptors (Lipinski definition) is 4. The van der Waals surface area contributed by atoms with Crippen molar-refractivity contribution in [1.29, 1.82) is 10.5 Å². The third kappa shape index (κ3) is 6.19. The Morgan fingerprint density at radius 1 is 0.250 bits per heavy atom. The minimum Gasteiger partial charge on any atom is -0.310 e. The zero-order chi connectivity index (χ0) is 53.1. The fraction of sp³-hybridized carbons (Fsp3) is 0.0263. The third-order valence-corrected chi connectivity index (χ3v) is 17.5. The number of nitriles is 2. The Bertz CT molecular complexity index is 4610. The molecule has 1 atom stereocenters. The highest BCUT2D eigenvalue weighted by molar-refractivity contribution is 6.00. The third-order valence-electron chi connectivity index (χ3n) is 17.5. The van der Waals surface area contributed by atoms with E-state index in [2.05, 4.69) is 265 Å². The van der Waals surface area contributed by atoms with Crippen molar-refractivity contribution < 1.29 is 0 Å². The Balaban J connectivity index is 0.825. The summed E-state index contributed by atoms with van der Waals surface area (Å²) < 4.78 is 0. The number of hydrogen-bond donors (Lipinski definition) is 0. The van der Waals surface area contributed by atoms with Gasteiger partial charge in [-0.25, -0.2) is 0 Å². The van der Waals surface area contributed by atoms with Crippen molar-refractivity contribution in [2.75, 3.05) is 9.80 Å². The molecule has 80 heavy (non-hydrogen) atoms. The van der Waals surface area contributed by atoms with Crippen LogP contribution in [-0.4, -0.2) is 0 Å². The quantitative estimate of drug-likeness (QED) is 0.172. The van der Waals surface area contributed by atoms with Gasteiger partial charge in [0, 0.05) is 11.4 Å². The molecule has 0 radical (unpaired) electrons. The summed E-state index contributed by atoms with van der Waals surface area (Å²) in [6.07, 6.45) is 0. The number of nitrogens with zero attached hydrogens (tertiary/aromatic N) is 4. The Hall–Kier alpha value is -10.8. The maximum absolute atomic E-state index is 10.1. The van der Waals surface area contributed by atoms with Crippen LogP contribution in [-0.2, 0) is 10.8 Å². The smallest absolute Gasteiger partial charge is 0.0998 e. The van der Waals surface area contributed by atoms with Crippen molar-refractivity contribution in [2.45, 2.75) is 10.8 Å². The maximum Gasteiger partial charge on any atom is 0.0998 e. The molecule has 0 N–H and O–H groups in total. The standard InChI is InChI=1S/C76H46N4/c77-47-49-17-16-19-51(43-49)53-36-42-70-74(46-53)80(56-20-2-1-3-21-56)73-32-15-12-29-69(73)76(70)64-26-9-6-23-59(64)61-44-52(35-40-65(61)76)50-33-38-57(39-34-50)79-71-30-13-10-27-67(71)75(68-28-11-14-31-72(68)79)63-25-8-7-24-60(63)62-45-54(37-41-66(62)75)58-22-5-4-18-55(58)48-78/h1-46H. The number of anilines is 6. The van der Waals surface area contributed by atoms with E-state index in [1.165, 1.54) is 66.8 Å². The van der Waals surface area contributed by atoms with Gasteiger partial charge in [0.1, 0.15) is 0 Å². The van der Waals surface area contributed by atoms with Crippen LogP contribution in [0.4, 0.5) is 34.1 Å². The lowest BCUT2D eigenvalue weighted by molar-refractivity contribution is 0.752. The average Bonchev–Trinajstić information content (AvgIpc) is 4.19. The van der Waals surface area contributed by atoms with Crippen LogP contribution in [0.15, 0.2) is 279 Å². The van der Waals surface area contributed by atoms with Gasteiger partial charge in [-0.3, -0.25) is 0 Å². The van der Waals surface area contributed by atoms with Crippen molar-refractivity contribution >= 4 is 34.1 Å². The van der Waals surface area contributed by atoms with Crippen LogP contribution in [0.5, 0.6) is 0 Å². The molecule has 0 aromatic heterocycles. The van der Waals surface area contributed by atoms with Gasteiger partial charge in [0.15, 0.2) is 0 Å². The molecule has 16 rings (SSSR count). The molecule has 0 amide bonds. The van der Waals surface area contributed by atoms with Crippen molar-refractivity contribution in [3.05, 3.63) is 335 Å². The summed E-state index contributed by atoms with van der Waals surface area (Å²) in [6.45, 7) is 0. The predicted molar refractivity (Wildman–Crippen MR) is 323 cm³/mol. The first-order chi connectivity index (χ1) is 39.6. The van der Waals surface area contributed by atoms with Gasteiger partial charge in [-0.1, -0.05) is 200 Å². The maximum atomic E-state index is 10.1. The molecule has 4 heteroatoms. The Morgan fingerprint density at radius 2 is 0.662 bits per heavy atom. The van der Waals surface area contributed by atoms with Gasteiger partial charge in [0.25, 0.3) is 0 Å². The Kier molecular flexibility index (Phi) is 9.86. The molecule has 0 saturated heterocycles. The molecule has 12 aromatic rings. The van der Waals surface area contributed by atoms with Gasteiger partial charge in [-0.05, 0) is 179 Å². The molecule has 1 unspecified atom stereocenters. The lowest BCUT2D eigenvalue weighted by atomic mass is 9.64. The fourth-order valence-electron chi connectivity index (χ4n) is 14.3. The molecule has 2 aliphatic heterocycles. The highest BCUT2D eigenvalue weighted by Gasteiger charge is 2.53. The molecule has 2 heterocycles. The molecular formula is C76H46N4. The molecule has 0 saturated carbocycles. The van der Waals surface area contributed by atoms with Crippen molar-refractivity contribution in [3.8, 4) is 67.8 Å². The van der Waals surface area contributed by atoms with Crippen LogP contribution >= 0.6 is 0 Å². The van der Waals surface area contributed by atoms with Gasteiger partial charge in [-0.15, -0.1) is 0 Å². The van der Waals surface area contributed by atoms with Crippen LogP contribution in [0.25, 0.3) is 55.6 Å². The number of para-hydroxylation sites is 4. The van der Waals surface area contributed by atoms with E-state index in [1.807, 2.05) is 36.4 Å². The van der Waals surface area contributed by atoms with Gasteiger partial charge in [0.2, 0.25) is 0 Å². The normalized spacial score (nSPS) is 15.1. The zero-order valence-electron chi connectivity index (χ0n) is 43.3. The number of benzene rings is 12. The molecule has 0 fully saturated rings. The summed E-state index contributed by atoms with van der Waals surface area (Å²) in [5.74, 6) is 0. The molecule has 4 nitrogen and oxygen atoms in total. The van der Waals surface area contributed by atoms with Crippen molar-refractivity contribution in [2.24, 2.45) is 0 Å². The van der Waals surface area contributed by atoms with Crippen molar-refractivity contribution in [1.82, 2.24) is 0 Å². The fourth-order valence-corrected chi connectivity index (χ4v) is 14.3. The zero-order valence-corrected chi connectivity index (χ0v) is 43.3. The second-order valence-electron chi connectivity index (χ2n) is 21.3. The molecule has 2 spiro atoms. The molecular weight excluding hydrogens is 969 g/mol. The van der Waals surface area contributed by atoms with E-state index < -0.39 is 10.8 Å². The lowest BCUT2D eigenvalue weighted by Gasteiger charge is -2.45. The van der Waals surface area contributed by atoms with E-state index in [1.54, 1.807) is 0 Å². The topological polar surface area (TPSA) is 54.1 Å². The molecule has 370 valence electrons. The highest BCUT2D eigenvalue weighted by atomic mass is 15.2. The molecule has 2 aliphatic carbocycles. The van der Waals surface area contributed by atoms with Gasteiger partial charge < -0.3 is 9.80 Å². The second kappa shape index (κ2) is 17.4. The van der Waals surface area contributed by atoms with Crippen LogP contribution < -0.4 is 9.80 Å². The SMILES string of the molecule is N#Cc1cccc(-c2ccc3c(c2)N(c2ccccc2)c2ccccc2C32c3ccccc3-c3cc(-c4ccc(N5c6ccccc6C6(c7ccccc7-c7cc(-c8ccccc8C#N)ccc76)c6ccccc65)cc4)ccc32)c1. The molecule has 0 bridgehead atoms. The summed E-state index contributed by atoms with van der Waals surface area (Å²) in [4.78, 5) is 4.87. The summed E-state index contributed by atoms with van der Waals surface area (Å²) in [5.41, 5.74) is 27.9. The average molecular weight is 1020 g/mol. The Labute approximate surface area is 465 Å². The van der Waals surface area contributed by atoms with Crippen LogP contribution in [0.2, 0.25) is 0 Å². The van der Waals surface area contributed by atoms with E-state index in [9.17, 15) is 10.5 Å². The summed E-state index contributed by atoms with van der Waals surface area (Å²) >= 11 is 0. The van der Waals surface area contributed by atoms with Gasteiger partial charge in [0.05, 0.1) is 56.8 Å². The first-order valence-electron chi connectivity index (χ1n) is 27.3.